The molecule has 1 spiro atoms. The van der Waals surface area contributed by atoms with Gasteiger partial charge in [-0.3, -0.25) is 10.1 Å². The number of rotatable bonds is 5. The molecule has 5 rings (SSSR count). The molecule has 8 heteroatoms. The van der Waals surface area contributed by atoms with Gasteiger partial charge < -0.3 is 23.8 Å². The van der Waals surface area contributed by atoms with E-state index in [0.717, 1.165) is 49.3 Å². The molecule has 2 saturated heterocycles. The average Bonchev–Trinajstić information content (AvgIpc) is 3.41. The van der Waals surface area contributed by atoms with Gasteiger partial charge in [-0.2, -0.15) is 0 Å². The van der Waals surface area contributed by atoms with Crippen molar-refractivity contribution in [2.75, 3.05) is 34.4 Å². The molecule has 0 amide bonds. The molecule has 3 aliphatic rings. The number of nitrogens with zero attached hydrogens (tertiary/aromatic N) is 2. The molecule has 3 fully saturated rings. The standard InChI is InChI=1S/C25H30N2O6/c1-26-12-11-24(18-7-8-20(30-2)21(14-18)31-3)9-10-25(15-23(24)26)32-16-22(33-25)17-5-4-6-19(13-17)27(28)29/h4-8,13-14,22-23H,9-12,15-16H2,1-3H3/t22?,23?,24-,25?/m0/s1. The summed E-state index contributed by atoms with van der Waals surface area (Å²) in [6.45, 7) is 1.41. The van der Waals surface area contributed by atoms with Gasteiger partial charge in [-0.15, -0.1) is 0 Å². The fraction of sp³-hybridized carbons (Fsp3) is 0.520. The van der Waals surface area contributed by atoms with Crippen LogP contribution in [0.2, 0.25) is 0 Å². The Hall–Kier alpha value is -2.68. The molecule has 0 radical (unpaired) electrons. The Kier molecular flexibility index (Phi) is 5.55. The third-order valence-electron chi connectivity index (χ3n) is 7.80. The molecule has 33 heavy (non-hydrogen) atoms. The molecule has 4 atom stereocenters. The molecule has 0 aromatic heterocycles. The lowest BCUT2D eigenvalue weighted by atomic mass is 9.64. The normalized spacial score (nSPS) is 31.5. The van der Waals surface area contributed by atoms with Gasteiger partial charge in [0.05, 0.1) is 25.7 Å². The molecule has 2 aromatic carbocycles. The van der Waals surface area contributed by atoms with E-state index in [-0.39, 0.29) is 28.2 Å². The van der Waals surface area contributed by atoms with Crippen LogP contribution in [0.5, 0.6) is 11.5 Å². The average molecular weight is 455 g/mol. The zero-order valence-electron chi connectivity index (χ0n) is 19.3. The SMILES string of the molecule is COc1ccc([C@]23CCN(C)C2CC2(CC3)OCC(c3cccc([N+](=O)[O-])c3)O2)cc1OC. The van der Waals surface area contributed by atoms with Crippen LogP contribution in [0.4, 0.5) is 5.69 Å². The molecule has 0 bridgehead atoms. The van der Waals surface area contributed by atoms with Gasteiger partial charge in [0, 0.05) is 36.4 Å². The maximum atomic E-state index is 11.2. The number of ether oxygens (including phenoxy) is 4. The Bertz CT molecular complexity index is 1060. The predicted molar refractivity (Wildman–Crippen MR) is 122 cm³/mol. The first-order valence-corrected chi connectivity index (χ1v) is 11.4. The van der Waals surface area contributed by atoms with Crippen LogP contribution in [0, 0.1) is 10.1 Å². The van der Waals surface area contributed by atoms with Crippen molar-refractivity contribution in [3.05, 3.63) is 63.7 Å². The van der Waals surface area contributed by atoms with Gasteiger partial charge in [0.2, 0.25) is 0 Å². The quantitative estimate of drug-likeness (QED) is 0.494. The summed E-state index contributed by atoms with van der Waals surface area (Å²) in [7, 11) is 5.49. The summed E-state index contributed by atoms with van der Waals surface area (Å²) in [5, 5.41) is 11.2. The minimum atomic E-state index is -0.668. The van der Waals surface area contributed by atoms with E-state index >= 15 is 0 Å². The van der Waals surface area contributed by atoms with E-state index in [1.165, 1.54) is 11.6 Å². The molecule has 1 saturated carbocycles. The Labute approximate surface area is 193 Å². The van der Waals surface area contributed by atoms with Crippen molar-refractivity contribution in [1.82, 2.24) is 4.90 Å². The van der Waals surface area contributed by atoms with E-state index in [1.54, 1.807) is 26.4 Å². The van der Waals surface area contributed by atoms with E-state index in [1.807, 2.05) is 12.1 Å². The molecule has 0 N–H and O–H groups in total. The second kappa shape index (κ2) is 8.27. The summed E-state index contributed by atoms with van der Waals surface area (Å²) in [6.07, 6.45) is 3.22. The van der Waals surface area contributed by atoms with Crippen molar-refractivity contribution >= 4 is 5.69 Å². The number of non-ortho nitro benzene ring substituents is 1. The number of methoxy groups -OCH3 is 2. The lowest BCUT2D eigenvalue weighted by molar-refractivity contribution is -0.385. The highest BCUT2D eigenvalue weighted by Crippen LogP contribution is 2.55. The third kappa shape index (κ3) is 3.66. The molecule has 2 aliphatic heterocycles. The molecule has 176 valence electrons. The highest BCUT2D eigenvalue weighted by Gasteiger charge is 2.57. The molecule has 3 unspecified atom stereocenters. The van der Waals surface area contributed by atoms with E-state index in [4.69, 9.17) is 18.9 Å². The Balaban J connectivity index is 1.40. The first kappa shape index (κ1) is 22.1. The summed E-state index contributed by atoms with van der Waals surface area (Å²) in [5.41, 5.74) is 2.12. The van der Waals surface area contributed by atoms with Crippen molar-refractivity contribution in [3.8, 4) is 11.5 Å². The van der Waals surface area contributed by atoms with Crippen LogP contribution in [-0.4, -0.2) is 56.1 Å². The van der Waals surface area contributed by atoms with Gasteiger partial charge in [0.15, 0.2) is 17.3 Å². The summed E-state index contributed by atoms with van der Waals surface area (Å²) in [5.74, 6) is 0.811. The molecule has 8 nitrogen and oxygen atoms in total. The summed E-state index contributed by atoms with van der Waals surface area (Å²) in [6, 6.07) is 13.2. The van der Waals surface area contributed by atoms with Gasteiger partial charge in [-0.25, -0.2) is 0 Å². The van der Waals surface area contributed by atoms with Gasteiger partial charge in [-0.1, -0.05) is 18.2 Å². The Morgan fingerprint density at radius 1 is 1.09 bits per heavy atom. The van der Waals surface area contributed by atoms with Crippen LogP contribution in [0.1, 0.15) is 42.9 Å². The largest absolute Gasteiger partial charge is 0.493 e. The van der Waals surface area contributed by atoms with Gasteiger partial charge in [0.25, 0.3) is 5.69 Å². The van der Waals surface area contributed by atoms with Crippen LogP contribution in [0.15, 0.2) is 42.5 Å². The van der Waals surface area contributed by atoms with E-state index in [2.05, 4.69) is 24.1 Å². The third-order valence-corrected chi connectivity index (χ3v) is 7.80. The fourth-order valence-electron chi connectivity index (χ4n) is 6.00. The monoisotopic (exact) mass is 454 g/mol. The topological polar surface area (TPSA) is 83.3 Å². The van der Waals surface area contributed by atoms with Crippen molar-refractivity contribution < 1.29 is 23.9 Å². The lowest BCUT2D eigenvalue weighted by Crippen LogP contribution is -2.52. The molecule has 2 heterocycles. The first-order valence-electron chi connectivity index (χ1n) is 11.4. The summed E-state index contributed by atoms with van der Waals surface area (Å²) < 4.78 is 23.8. The Morgan fingerprint density at radius 3 is 2.67 bits per heavy atom. The minimum Gasteiger partial charge on any atom is -0.493 e. The van der Waals surface area contributed by atoms with Crippen molar-refractivity contribution in [1.29, 1.82) is 0 Å². The maximum Gasteiger partial charge on any atom is 0.269 e. The molecule has 1 aliphatic carbocycles. The number of hydrogen-bond donors (Lipinski definition) is 0. The number of likely N-dealkylation sites (N-methyl/N-ethyl adjacent to an activating group) is 1. The number of hydrogen-bond acceptors (Lipinski definition) is 7. The zero-order chi connectivity index (χ0) is 23.2. The van der Waals surface area contributed by atoms with Crippen LogP contribution >= 0.6 is 0 Å². The Morgan fingerprint density at radius 2 is 1.91 bits per heavy atom. The second-order valence-electron chi connectivity index (χ2n) is 9.36. The molecular formula is C25H30N2O6. The minimum absolute atomic E-state index is 0.00408. The highest BCUT2D eigenvalue weighted by atomic mass is 16.7. The fourth-order valence-corrected chi connectivity index (χ4v) is 6.00. The van der Waals surface area contributed by atoms with E-state index in [9.17, 15) is 10.1 Å². The number of nitro benzene ring substituents is 1. The second-order valence-corrected chi connectivity index (χ2v) is 9.36. The highest BCUT2D eigenvalue weighted by molar-refractivity contribution is 5.46. The lowest BCUT2D eigenvalue weighted by Gasteiger charge is -2.48. The zero-order valence-corrected chi connectivity index (χ0v) is 19.3. The van der Waals surface area contributed by atoms with Crippen molar-refractivity contribution in [2.45, 2.75) is 49.0 Å². The van der Waals surface area contributed by atoms with Crippen LogP contribution in [0.25, 0.3) is 0 Å². The van der Waals surface area contributed by atoms with Crippen molar-refractivity contribution in [3.63, 3.8) is 0 Å². The van der Waals surface area contributed by atoms with E-state index < -0.39 is 5.79 Å². The van der Waals surface area contributed by atoms with Gasteiger partial charge in [-0.05, 0) is 49.7 Å². The number of fused-ring (bicyclic) bond motifs is 1. The number of nitro groups is 1. The predicted octanol–water partition coefficient (Wildman–Crippen LogP) is 4.22. The van der Waals surface area contributed by atoms with Crippen LogP contribution in [0.3, 0.4) is 0 Å². The molecular weight excluding hydrogens is 424 g/mol. The summed E-state index contributed by atoms with van der Waals surface area (Å²) >= 11 is 0. The smallest absolute Gasteiger partial charge is 0.269 e. The number of benzene rings is 2. The summed E-state index contributed by atoms with van der Waals surface area (Å²) in [4.78, 5) is 13.2. The first-order chi connectivity index (χ1) is 15.9. The van der Waals surface area contributed by atoms with Crippen LogP contribution in [-0.2, 0) is 14.9 Å². The van der Waals surface area contributed by atoms with Crippen LogP contribution < -0.4 is 9.47 Å². The maximum absolute atomic E-state index is 11.2. The number of likely N-dealkylation sites (tertiary alicyclic amines) is 1. The van der Waals surface area contributed by atoms with Crippen molar-refractivity contribution in [2.24, 2.45) is 0 Å². The van der Waals surface area contributed by atoms with Gasteiger partial charge >= 0.3 is 0 Å². The van der Waals surface area contributed by atoms with Gasteiger partial charge in [0.1, 0.15) is 6.10 Å². The van der Waals surface area contributed by atoms with E-state index in [0.29, 0.717) is 6.61 Å². The molecule has 2 aromatic rings.